The van der Waals surface area contributed by atoms with Gasteiger partial charge in [-0.3, -0.25) is 9.59 Å². The van der Waals surface area contributed by atoms with Crippen LogP contribution in [0.25, 0.3) is 0 Å². The highest BCUT2D eigenvalue weighted by Gasteiger charge is 2.51. The van der Waals surface area contributed by atoms with E-state index in [2.05, 4.69) is 15.4 Å². The van der Waals surface area contributed by atoms with Gasteiger partial charge in [-0.2, -0.15) is 23.5 Å². The number of alkyl halides is 5. The number of ether oxygens (including phenoxy) is 1. The zero-order valence-corrected chi connectivity index (χ0v) is 20.1. The fourth-order valence-corrected chi connectivity index (χ4v) is 4.64. The van der Waals surface area contributed by atoms with E-state index in [1.807, 2.05) is 6.07 Å². The van der Waals surface area contributed by atoms with Crippen molar-refractivity contribution in [1.82, 2.24) is 20.1 Å². The number of likely N-dealkylation sites (tertiary alicyclic amines) is 1. The molecule has 2 aromatic rings. The number of H-pyrrole nitrogens is 1. The second-order valence-electron chi connectivity index (χ2n) is 9.18. The van der Waals surface area contributed by atoms with Gasteiger partial charge in [-0.25, -0.2) is 18.9 Å². The molecule has 2 aliphatic heterocycles. The third kappa shape index (κ3) is 5.69. The zero-order chi connectivity index (χ0) is 27.7. The molecule has 3 atom stereocenters. The number of hydrogen-bond acceptors (Lipinski definition) is 8. The average Bonchev–Trinajstić information content (AvgIpc) is 3.21. The van der Waals surface area contributed by atoms with E-state index in [4.69, 9.17) is 10.00 Å². The number of nitrogens with one attached hydrogen (secondary N) is 2. The van der Waals surface area contributed by atoms with E-state index in [1.54, 1.807) is 5.10 Å². The summed E-state index contributed by atoms with van der Waals surface area (Å²) in [5.74, 6) is -3.54. The number of piperidine rings is 1. The minimum Gasteiger partial charge on any atom is -0.378 e. The van der Waals surface area contributed by atoms with Gasteiger partial charge in [0.1, 0.15) is 23.6 Å². The molecule has 1 unspecified atom stereocenters. The lowest BCUT2D eigenvalue weighted by Gasteiger charge is -2.42. The van der Waals surface area contributed by atoms with E-state index < -0.39 is 59.5 Å². The number of carbonyl (C=O) groups is 1. The summed E-state index contributed by atoms with van der Waals surface area (Å²) >= 11 is 0. The van der Waals surface area contributed by atoms with Gasteiger partial charge in [-0.05, 0) is 25.5 Å². The minimum absolute atomic E-state index is 0.0130. The van der Waals surface area contributed by atoms with Crippen molar-refractivity contribution in [1.29, 1.82) is 5.26 Å². The van der Waals surface area contributed by atoms with Gasteiger partial charge in [0, 0.05) is 31.7 Å². The molecule has 0 aromatic carbocycles. The lowest BCUT2D eigenvalue weighted by atomic mass is 9.99. The largest absolute Gasteiger partial charge is 0.423 e. The molecule has 4 rings (SSSR count). The summed E-state index contributed by atoms with van der Waals surface area (Å²) in [4.78, 5) is 31.1. The molecular weight excluding hydrogens is 517 g/mol. The van der Waals surface area contributed by atoms with Crippen LogP contribution in [0.1, 0.15) is 30.9 Å². The maximum Gasteiger partial charge on any atom is 0.423 e. The number of aromatic amines is 1. The van der Waals surface area contributed by atoms with Crippen LogP contribution < -0.4 is 15.8 Å². The van der Waals surface area contributed by atoms with Crippen LogP contribution in [0.4, 0.5) is 33.5 Å². The maximum atomic E-state index is 15.1. The molecule has 4 heterocycles. The molecule has 10 nitrogen and oxygen atoms in total. The lowest BCUT2D eigenvalue weighted by Crippen LogP contribution is -2.59. The van der Waals surface area contributed by atoms with Crippen LogP contribution in [0.2, 0.25) is 0 Å². The molecule has 0 saturated carbocycles. The summed E-state index contributed by atoms with van der Waals surface area (Å²) in [6.07, 6.45) is -3.67. The summed E-state index contributed by atoms with van der Waals surface area (Å²) in [5, 5.41) is 16.5. The zero-order valence-electron chi connectivity index (χ0n) is 20.1. The third-order valence-corrected chi connectivity index (χ3v) is 6.42. The number of hydrogen-bond donors (Lipinski definition) is 2. The Morgan fingerprint density at radius 1 is 1.26 bits per heavy atom. The van der Waals surface area contributed by atoms with E-state index in [9.17, 15) is 22.8 Å². The van der Waals surface area contributed by atoms with Gasteiger partial charge in [0.2, 0.25) is 0 Å². The summed E-state index contributed by atoms with van der Waals surface area (Å²) < 4.78 is 75.5. The monoisotopic (exact) mass is 541 g/mol. The molecule has 1 amide bonds. The molecule has 2 saturated heterocycles. The van der Waals surface area contributed by atoms with Crippen LogP contribution in [0.3, 0.4) is 0 Å². The number of halogens is 5. The average molecular weight is 541 g/mol. The molecule has 0 bridgehead atoms. The Morgan fingerprint density at radius 2 is 2.03 bits per heavy atom. The summed E-state index contributed by atoms with van der Waals surface area (Å²) in [7, 11) is 0. The van der Waals surface area contributed by atoms with Crippen molar-refractivity contribution in [2.45, 2.75) is 50.1 Å². The number of rotatable bonds is 7. The number of nitriles is 1. The summed E-state index contributed by atoms with van der Waals surface area (Å²) in [5.41, 5.74) is -3.07. The van der Waals surface area contributed by atoms with Crippen molar-refractivity contribution in [2.75, 3.05) is 36.5 Å². The quantitative estimate of drug-likeness (QED) is 0.512. The second-order valence-corrected chi connectivity index (χ2v) is 9.18. The van der Waals surface area contributed by atoms with Crippen LogP contribution in [0.5, 0.6) is 0 Å². The van der Waals surface area contributed by atoms with Crippen LogP contribution in [-0.2, 0) is 15.7 Å². The molecule has 2 N–H and O–H groups in total. The molecule has 2 aromatic heterocycles. The molecule has 2 aliphatic rings. The molecule has 38 heavy (non-hydrogen) atoms. The molecule has 2 fully saturated rings. The van der Waals surface area contributed by atoms with Gasteiger partial charge in [-0.1, -0.05) is 0 Å². The maximum absolute atomic E-state index is 15.1. The first-order valence-corrected chi connectivity index (χ1v) is 11.7. The fourth-order valence-electron chi connectivity index (χ4n) is 4.64. The number of nitrogens with zero attached hydrogens (tertiary/aromatic N) is 5. The first-order chi connectivity index (χ1) is 17.9. The predicted molar refractivity (Wildman–Crippen MR) is 124 cm³/mol. The fraction of sp³-hybridized carbons (Fsp3) is 0.522. The van der Waals surface area contributed by atoms with Crippen molar-refractivity contribution >= 4 is 17.4 Å². The number of amides is 1. The van der Waals surface area contributed by atoms with Crippen molar-refractivity contribution in [3.63, 3.8) is 0 Å². The first kappa shape index (κ1) is 27.2. The van der Waals surface area contributed by atoms with Crippen molar-refractivity contribution in [3.05, 3.63) is 46.0 Å². The van der Waals surface area contributed by atoms with Gasteiger partial charge < -0.3 is 19.9 Å². The van der Waals surface area contributed by atoms with Gasteiger partial charge >= 0.3 is 6.18 Å². The SMILES string of the molecule is CC(CO[C@@H]1CCN([C@H]2CCN(c3ccc(C#N)cn3)CC2(F)F)C1=O)Nc1cn[nH]c(=O)c1C(F)(F)F. The lowest BCUT2D eigenvalue weighted by molar-refractivity contribution is -0.149. The van der Waals surface area contributed by atoms with Crippen LogP contribution >= 0.6 is 0 Å². The number of pyridine rings is 1. The summed E-state index contributed by atoms with van der Waals surface area (Å²) in [6, 6.07) is 2.80. The predicted octanol–water partition coefficient (Wildman–Crippen LogP) is 2.39. The Hall–Kier alpha value is -3.80. The molecular formula is C23H24F5N7O3. The van der Waals surface area contributed by atoms with E-state index in [1.165, 1.54) is 30.2 Å². The van der Waals surface area contributed by atoms with E-state index in [0.717, 1.165) is 11.1 Å². The van der Waals surface area contributed by atoms with Crippen LogP contribution in [0.15, 0.2) is 29.3 Å². The highest BCUT2D eigenvalue weighted by molar-refractivity contribution is 5.83. The highest BCUT2D eigenvalue weighted by atomic mass is 19.4. The van der Waals surface area contributed by atoms with Crippen molar-refractivity contribution in [3.8, 4) is 6.07 Å². The Kier molecular flexibility index (Phi) is 7.54. The third-order valence-electron chi connectivity index (χ3n) is 6.42. The molecule has 204 valence electrons. The van der Waals surface area contributed by atoms with Crippen molar-refractivity contribution in [2.24, 2.45) is 0 Å². The van der Waals surface area contributed by atoms with Gasteiger partial charge in [0.15, 0.2) is 0 Å². The van der Waals surface area contributed by atoms with Crippen LogP contribution in [0, 0.1) is 11.3 Å². The summed E-state index contributed by atoms with van der Waals surface area (Å²) in [6.45, 7) is 0.893. The standard InChI is InChI=1S/C23H24F5N7O3/c1-13(32-15-10-31-33-20(36)19(15)23(26,27)28)11-38-16-4-7-35(21(16)37)17-5-6-34(12-22(17,24)25)18-3-2-14(8-29)9-30-18/h2-3,9-10,13,16-17H,4-7,11-12H2,1H3,(H2,32,33,36)/t13?,16-,17+/m1/s1. The Bertz CT molecular complexity index is 1260. The molecule has 0 radical (unpaired) electrons. The normalized spacial score (nSPS) is 22.3. The van der Waals surface area contributed by atoms with Crippen molar-refractivity contribution < 1.29 is 31.5 Å². The van der Waals surface area contributed by atoms with E-state index in [-0.39, 0.29) is 32.5 Å². The smallest absolute Gasteiger partial charge is 0.378 e. The Balaban J connectivity index is 1.34. The van der Waals surface area contributed by atoms with Gasteiger partial charge in [0.05, 0.1) is 36.6 Å². The number of aromatic nitrogens is 3. The topological polar surface area (TPSA) is 127 Å². The van der Waals surface area contributed by atoms with Crippen LogP contribution in [-0.4, -0.2) is 76.3 Å². The number of carbonyl (C=O) groups excluding carboxylic acids is 1. The molecule has 15 heteroatoms. The first-order valence-electron chi connectivity index (χ1n) is 11.7. The van der Waals surface area contributed by atoms with Gasteiger partial charge in [-0.15, -0.1) is 0 Å². The molecule has 0 spiro atoms. The number of anilines is 2. The Morgan fingerprint density at radius 3 is 2.66 bits per heavy atom. The Labute approximate surface area is 213 Å². The molecule has 0 aliphatic carbocycles. The minimum atomic E-state index is -4.92. The van der Waals surface area contributed by atoms with E-state index >= 15 is 8.78 Å². The second kappa shape index (κ2) is 10.5. The highest BCUT2D eigenvalue weighted by Crippen LogP contribution is 2.36. The van der Waals surface area contributed by atoms with Gasteiger partial charge in [0.25, 0.3) is 17.4 Å². The van der Waals surface area contributed by atoms with E-state index in [0.29, 0.717) is 11.4 Å².